The zero-order valence-corrected chi connectivity index (χ0v) is 7.72. The Morgan fingerprint density at radius 1 is 1.31 bits per heavy atom. The highest BCUT2D eigenvalue weighted by molar-refractivity contribution is 5.46. The molecule has 1 atom stereocenters. The van der Waals surface area contributed by atoms with Gasteiger partial charge in [0.15, 0.2) is 0 Å². The van der Waals surface area contributed by atoms with E-state index in [1.54, 1.807) is 11.2 Å². The second kappa shape index (κ2) is 4.64. The summed E-state index contributed by atoms with van der Waals surface area (Å²) in [4.78, 5) is 0. The molecule has 1 unspecified atom stereocenters. The Labute approximate surface area is 78.6 Å². The molecule has 1 rings (SSSR count). The van der Waals surface area contributed by atoms with Crippen LogP contribution in [0.4, 0.5) is 5.69 Å². The Balaban J connectivity index is 2.64. The SMILES string of the molecule is CC(N)/C=C\N(N)c1ccccc1. The van der Waals surface area contributed by atoms with E-state index in [4.69, 9.17) is 11.6 Å². The van der Waals surface area contributed by atoms with Crippen LogP contribution in [0.3, 0.4) is 0 Å². The van der Waals surface area contributed by atoms with Gasteiger partial charge in [-0.2, -0.15) is 0 Å². The molecule has 0 radical (unpaired) electrons. The van der Waals surface area contributed by atoms with Crippen molar-refractivity contribution >= 4 is 5.69 Å². The average Bonchev–Trinajstić information content (AvgIpc) is 2.15. The van der Waals surface area contributed by atoms with Gasteiger partial charge in [-0.25, -0.2) is 5.84 Å². The van der Waals surface area contributed by atoms with Crippen LogP contribution in [0, 0.1) is 0 Å². The molecule has 4 N–H and O–H groups in total. The average molecular weight is 177 g/mol. The van der Waals surface area contributed by atoms with Crippen molar-refractivity contribution in [2.45, 2.75) is 13.0 Å². The highest BCUT2D eigenvalue weighted by Crippen LogP contribution is 2.08. The number of nitrogens with two attached hydrogens (primary N) is 2. The number of para-hydroxylation sites is 1. The third kappa shape index (κ3) is 3.27. The van der Waals surface area contributed by atoms with Gasteiger partial charge in [0.1, 0.15) is 0 Å². The minimum atomic E-state index is 0.0229. The molecule has 0 aromatic heterocycles. The fourth-order valence-corrected chi connectivity index (χ4v) is 0.915. The van der Waals surface area contributed by atoms with E-state index < -0.39 is 0 Å². The van der Waals surface area contributed by atoms with Gasteiger partial charge in [-0.3, -0.25) is 5.01 Å². The number of rotatable bonds is 3. The van der Waals surface area contributed by atoms with Crippen LogP contribution in [0.1, 0.15) is 6.92 Å². The van der Waals surface area contributed by atoms with Crippen LogP contribution in [0.2, 0.25) is 0 Å². The summed E-state index contributed by atoms with van der Waals surface area (Å²) in [7, 11) is 0. The molecule has 3 heteroatoms. The molecule has 1 aromatic carbocycles. The van der Waals surface area contributed by atoms with E-state index in [1.165, 1.54) is 0 Å². The van der Waals surface area contributed by atoms with Crippen LogP contribution in [0.15, 0.2) is 42.6 Å². The molecule has 0 amide bonds. The fraction of sp³-hybridized carbons (Fsp3) is 0.200. The van der Waals surface area contributed by atoms with Crippen molar-refractivity contribution < 1.29 is 0 Å². The van der Waals surface area contributed by atoms with Gasteiger partial charge in [-0.1, -0.05) is 24.3 Å². The molecule has 0 aliphatic carbocycles. The molecule has 1 aromatic rings. The smallest absolute Gasteiger partial charge is 0.0568 e. The molecule has 0 saturated carbocycles. The molecule has 0 saturated heterocycles. The molecule has 3 nitrogen and oxygen atoms in total. The van der Waals surface area contributed by atoms with E-state index in [-0.39, 0.29) is 6.04 Å². The summed E-state index contributed by atoms with van der Waals surface area (Å²) >= 11 is 0. The Kier molecular flexibility index (Phi) is 3.49. The largest absolute Gasteiger partial charge is 0.325 e. The summed E-state index contributed by atoms with van der Waals surface area (Å²) < 4.78 is 0. The second-order valence-corrected chi connectivity index (χ2v) is 2.94. The summed E-state index contributed by atoms with van der Waals surface area (Å²) in [6, 6.07) is 9.72. The highest BCUT2D eigenvalue weighted by atomic mass is 15.4. The van der Waals surface area contributed by atoms with E-state index in [2.05, 4.69) is 0 Å². The van der Waals surface area contributed by atoms with E-state index in [0.29, 0.717) is 0 Å². The summed E-state index contributed by atoms with van der Waals surface area (Å²) in [6.45, 7) is 1.90. The number of nitrogens with zero attached hydrogens (tertiary/aromatic N) is 1. The predicted molar refractivity (Wildman–Crippen MR) is 55.9 cm³/mol. The number of hydrazine groups is 1. The zero-order chi connectivity index (χ0) is 9.68. The predicted octanol–water partition coefficient (Wildman–Crippen LogP) is 1.23. The molecule has 0 heterocycles. The van der Waals surface area contributed by atoms with Crippen LogP contribution in [-0.4, -0.2) is 6.04 Å². The molecule has 70 valence electrons. The summed E-state index contributed by atoms with van der Waals surface area (Å²) in [6.07, 6.45) is 3.60. The maximum atomic E-state index is 5.73. The van der Waals surface area contributed by atoms with Crippen LogP contribution < -0.4 is 16.6 Å². The summed E-state index contributed by atoms with van der Waals surface area (Å²) in [5, 5.41) is 1.54. The van der Waals surface area contributed by atoms with E-state index in [0.717, 1.165) is 5.69 Å². The lowest BCUT2D eigenvalue weighted by Gasteiger charge is -2.13. The zero-order valence-electron chi connectivity index (χ0n) is 7.72. The van der Waals surface area contributed by atoms with Gasteiger partial charge in [-0.15, -0.1) is 0 Å². The molecule has 0 fully saturated rings. The van der Waals surface area contributed by atoms with Gasteiger partial charge in [-0.05, 0) is 19.1 Å². The van der Waals surface area contributed by atoms with Crippen molar-refractivity contribution in [3.05, 3.63) is 42.6 Å². The Bertz CT molecular complexity index is 267. The maximum Gasteiger partial charge on any atom is 0.0568 e. The van der Waals surface area contributed by atoms with Crippen molar-refractivity contribution in [3.63, 3.8) is 0 Å². The van der Waals surface area contributed by atoms with Crippen molar-refractivity contribution in [2.24, 2.45) is 11.6 Å². The fourth-order valence-electron chi connectivity index (χ4n) is 0.915. The standard InChI is InChI=1S/C10H15N3/c1-9(11)7-8-13(12)10-5-3-2-4-6-10/h2-9H,11-12H2,1H3/b8-7-. The Morgan fingerprint density at radius 3 is 2.46 bits per heavy atom. The van der Waals surface area contributed by atoms with Crippen LogP contribution >= 0.6 is 0 Å². The minimum absolute atomic E-state index is 0.0229. The van der Waals surface area contributed by atoms with Crippen LogP contribution in [-0.2, 0) is 0 Å². The first-order chi connectivity index (χ1) is 6.20. The van der Waals surface area contributed by atoms with E-state index in [1.807, 2.05) is 43.3 Å². The van der Waals surface area contributed by atoms with Gasteiger partial charge >= 0.3 is 0 Å². The summed E-state index contributed by atoms with van der Waals surface area (Å²) in [5.74, 6) is 5.73. The quantitative estimate of drug-likeness (QED) is 0.539. The number of benzene rings is 1. The third-order valence-corrected chi connectivity index (χ3v) is 1.60. The molecular formula is C10H15N3. The number of anilines is 1. The lowest BCUT2D eigenvalue weighted by Crippen LogP contribution is -2.25. The van der Waals surface area contributed by atoms with Crippen molar-refractivity contribution in [3.8, 4) is 0 Å². The van der Waals surface area contributed by atoms with E-state index in [9.17, 15) is 0 Å². The molecular weight excluding hydrogens is 162 g/mol. The molecule has 0 bridgehead atoms. The second-order valence-electron chi connectivity index (χ2n) is 2.94. The molecule has 13 heavy (non-hydrogen) atoms. The Hall–Kier alpha value is -1.32. The first-order valence-corrected chi connectivity index (χ1v) is 4.23. The minimum Gasteiger partial charge on any atom is -0.325 e. The normalized spacial score (nSPS) is 13.2. The van der Waals surface area contributed by atoms with Crippen molar-refractivity contribution in [1.29, 1.82) is 0 Å². The number of hydrogen-bond donors (Lipinski definition) is 2. The van der Waals surface area contributed by atoms with E-state index >= 15 is 0 Å². The lowest BCUT2D eigenvalue weighted by atomic mass is 10.3. The first kappa shape index (κ1) is 9.77. The van der Waals surface area contributed by atoms with Gasteiger partial charge in [0.2, 0.25) is 0 Å². The van der Waals surface area contributed by atoms with Crippen molar-refractivity contribution in [2.75, 3.05) is 5.01 Å². The topological polar surface area (TPSA) is 55.3 Å². The molecule has 0 aliphatic rings. The third-order valence-electron chi connectivity index (χ3n) is 1.60. The van der Waals surface area contributed by atoms with Crippen LogP contribution in [0.5, 0.6) is 0 Å². The number of hydrogen-bond acceptors (Lipinski definition) is 3. The Morgan fingerprint density at radius 2 is 1.92 bits per heavy atom. The van der Waals surface area contributed by atoms with Gasteiger partial charge in [0.05, 0.1) is 5.69 Å². The van der Waals surface area contributed by atoms with Gasteiger partial charge in [0, 0.05) is 12.2 Å². The van der Waals surface area contributed by atoms with Crippen molar-refractivity contribution in [1.82, 2.24) is 0 Å². The summed E-state index contributed by atoms with van der Waals surface area (Å²) in [5.41, 5.74) is 6.49. The first-order valence-electron chi connectivity index (χ1n) is 4.23. The van der Waals surface area contributed by atoms with Gasteiger partial charge < -0.3 is 5.73 Å². The molecule has 0 spiro atoms. The molecule has 0 aliphatic heterocycles. The maximum absolute atomic E-state index is 5.73. The lowest BCUT2D eigenvalue weighted by molar-refractivity contribution is 0.912. The van der Waals surface area contributed by atoms with Crippen LogP contribution in [0.25, 0.3) is 0 Å². The van der Waals surface area contributed by atoms with Gasteiger partial charge in [0.25, 0.3) is 0 Å². The monoisotopic (exact) mass is 177 g/mol. The highest BCUT2D eigenvalue weighted by Gasteiger charge is 1.94.